The summed E-state index contributed by atoms with van der Waals surface area (Å²) < 4.78 is 0. The Hall–Kier alpha value is -11.9. The SMILES string of the molecule is Cc1cc2c3c(c1)N(c1ccc4c(c1)C1(c5ccccc5-c5ccccc51)c1ccccc1-4)c1cc(C)cc4c1P3c1c(cc(C)cc1N4c1ccc3c(c1)C1(c4ccccc4-c4ccccc41)c1ccccc1-3)N2c1ccc2c(c1)C1(c3ccccc3-c3ccccc31)c1ccccc1-2. The molecule has 0 N–H and O–H groups in total. The maximum absolute atomic E-state index is 2.71. The highest BCUT2D eigenvalue weighted by atomic mass is 31.1. The zero-order valence-corrected chi connectivity index (χ0v) is 56.1. The Morgan fingerprint density at radius 3 is 0.550 bits per heavy atom. The number of fused-ring (bicyclic) bond motifs is 30. The molecular weight excluding hydrogens is 1230 g/mol. The van der Waals surface area contributed by atoms with Crippen LogP contribution in [0.2, 0.25) is 0 Å². The van der Waals surface area contributed by atoms with Gasteiger partial charge in [-0.3, -0.25) is 0 Å². The van der Waals surface area contributed by atoms with Gasteiger partial charge >= 0.3 is 0 Å². The Balaban J connectivity index is 0.799. The molecule has 0 aromatic heterocycles. The number of rotatable bonds is 3. The van der Waals surface area contributed by atoms with Crippen LogP contribution >= 0.6 is 7.92 Å². The van der Waals surface area contributed by atoms with Crippen molar-refractivity contribution in [2.75, 3.05) is 14.7 Å². The van der Waals surface area contributed by atoms with E-state index < -0.39 is 24.2 Å². The van der Waals surface area contributed by atoms with Crippen LogP contribution in [0.15, 0.2) is 309 Å². The molecule has 4 heteroatoms. The molecule has 100 heavy (non-hydrogen) atoms. The summed E-state index contributed by atoms with van der Waals surface area (Å²) in [5.74, 6) is 0. The molecule has 0 atom stereocenters. The molecular formula is C96H60N3P. The van der Waals surface area contributed by atoms with Crippen molar-refractivity contribution in [1.82, 2.24) is 0 Å². The highest BCUT2D eigenvalue weighted by Crippen LogP contribution is 2.70. The number of hydrogen-bond donors (Lipinski definition) is 0. The second-order valence-electron chi connectivity index (χ2n) is 29.1. The summed E-state index contributed by atoms with van der Waals surface area (Å²) in [6.07, 6.45) is 0. The monoisotopic (exact) mass is 1290 g/mol. The van der Waals surface area contributed by atoms with E-state index in [1.54, 1.807) is 0 Å². The van der Waals surface area contributed by atoms with Gasteiger partial charge in [-0.1, -0.05) is 237 Å². The van der Waals surface area contributed by atoms with E-state index in [1.807, 2.05) is 0 Å². The first-order valence-corrected chi connectivity index (χ1v) is 36.6. The van der Waals surface area contributed by atoms with Crippen molar-refractivity contribution in [3.63, 3.8) is 0 Å². The van der Waals surface area contributed by atoms with Gasteiger partial charge in [0.15, 0.2) is 0 Å². The minimum atomic E-state index is -1.20. The van der Waals surface area contributed by atoms with Crippen molar-refractivity contribution < 1.29 is 0 Å². The molecule has 0 radical (unpaired) electrons. The second kappa shape index (κ2) is 18.7. The minimum absolute atomic E-state index is 0.523. The van der Waals surface area contributed by atoms with E-state index in [2.05, 4.69) is 345 Å². The number of benzene rings is 15. The van der Waals surface area contributed by atoms with Crippen LogP contribution < -0.4 is 30.6 Å². The predicted octanol–water partition coefficient (Wildman–Crippen LogP) is 22.8. The summed E-state index contributed by atoms with van der Waals surface area (Å²) in [6, 6.07) is 121. The fourth-order valence-electron chi connectivity index (χ4n) is 21.2. The van der Waals surface area contributed by atoms with Gasteiger partial charge in [0.05, 0.1) is 50.4 Å². The van der Waals surface area contributed by atoms with Crippen molar-refractivity contribution in [1.29, 1.82) is 0 Å². The number of hydrogen-bond acceptors (Lipinski definition) is 3. The van der Waals surface area contributed by atoms with Gasteiger partial charge in [0.25, 0.3) is 0 Å². The Morgan fingerprint density at radius 1 is 0.190 bits per heavy atom. The quantitative estimate of drug-likeness (QED) is 0.163. The van der Waals surface area contributed by atoms with Gasteiger partial charge in [0.1, 0.15) is 0 Å². The number of nitrogens with zero attached hydrogens (tertiary/aromatic N) is 3. The van der Waals surface area contributed by atoms with E-state index in [-0.39, 0.29) is 0 Å². The first-order chi connectivity index (χ1) is 49.3. The van der Waals surface area contributed by atoms with Crippen molar-refractivity contribution in [3.8, 4) is 66.8 Å². The maximum Gasteiger partial charge on any atom is 0.0726 e. The van der Waals surface area contributed by atoms with E-state index in [9.17, 15) is 0 Å². The van der Waals surface area contributed by atoms with Gasteiger partial charge in [0, 0.05) is 40.9 Å². The molecule has 3 spiro atoms. The summed E-state index contributed by atoms with van der Waals surface area (Å²) in [6.45, 7) is 7.00. The van der Waals surface area contributed by atoms with E-state index in [0.717, 1.165) is 17.1 Å². The van der Waals surface area contributed by atoms with E-state index >= 15 is 0 Å². The zero-order chi connectivity index (χ0) is 65.4. The van der Waals surface area contributed by atoms with Crippen LogP contribution in [0.4, 0.5) is 51.2 Å². The molecule has 464 valence electrons. The van der Waals surface area contributed by atoms with Crippen LogP contribution in [0, 0.1) is 20.8 Å². The number of aryl methyl sites for hydroxylation is 3. The van der Waals surface area contributed by atoms with Gasteiger partial charge in [-0.05, 0) is 244 Å². The van der Waals surface area contributed by atoms with E-state index in [0.29, 0.717) is 0 Å². The molecule has 3 aliphatic heterocycles. The molecule has 0 saturated carbocycles. The Bertz CT molecular complexity index is 5470. The van der Waals surface area contributed by atoms with Crippen LogP contribution in [-0.4, -0.2) is 0 Å². The highest BCUT2D eigenvalue weighted by Gasteiger charge is 2.57. The zero-order valence-electron chi connectivity index (χ0n) is 55.2. The van der Waals surface area contributed by atoms with E-state index in [1.165, 1.54) is 200 Å². The summed E-state index contributed by atoms with van der Waals surface area (Å²) in [5, 5.41) is 4.18. The molecule has 0 unspecified atom stereocenters. The lowest BCUT2D eigenvalue weighted by atomic mass is 9.70. The van der Waals surface area contributed by atoms with Crippen LogP contribution in [0.5, 0.6) is 0 Å². The van der Waals surface area contributed by atoms with Gasteiger partial charge in [-0.25, -0.2) is 0 Å². The Labute approximate surface area is 582 Å². The standard InChI is InChI=1S/C96H60N3P/c1-55-46-85-91-86(47-55)98(59-41-44-71-68-29-11-20-38-80(68)95(83(71)53-59)75-33-15-6-24-63(75)64-25-7-16-34-76(64)95)88-49-57(3)51-90-93(88)100(91)92-87(97(85)58-40-43-70-67-28-10-19-37-79(67)94(82(70)52-58)73-31-13-4-22-61(73)62-23-5-14-32-74(62)94)48-56(2)50-89(92)99(90)60-42-45-72-69-30-12-21-39-81(69)96(84(72)54-60)77-35-17-8-26-65(77)66-27-9-18-36-78(66)96/h4-54H,1-3H3. The number of anilines is 9. The molecule has 15 aromatic rings. The highest BCUT2D eigenvalue weighted by molar-refractivity contribution is 7.82. The molecule has 24 rings (SSSR count). The topological polar surface area (TPSA) is 9.72 Å². The summed E-state index contributed by atoms with van der Waals surface area (Å²) >= 11 is 0. The predicted molar refractivity (Wildman–Crippen MR) is 413 cm³/mol. The Morgan fingerprint density at radius 2 is 0.360 bits per heavy atom. The van der Waals surface area contributed by atoms with Crippen molar-refractivity contribution in [2.45, 2.75) is 37.0 Å². The lowest BCUT2D eigenvalue weighted by molar-refractivity contribution is 0.793. The fourth-order valence-corrected chi connectivity index (χ4v) is 24.2. The molecule has 0 amide bonds. The van der Waals surface area contributed by atoms with Gasteiger partial charge in [-0.15, -0.1) is 0 Å². The molecule has 6 aliphatic carbocycles. The first-order valence-electron chi connectivity index (χ1n) is 35.3. The smallest absolute Gasteiger partial charge is 0.0726 e. The average Bonchev–Trinajstić information content (AvgIpc) is 1.14. The lowest BCUT2D eigenvalue weighted by Gasteiger charge is -2.50. The maximum atomic E-state index is 2.71. The summed E-state index contributed by atoms with van der Waals surface area (Å²) in [5.41, 5.74) is 44.8. The third kappa shape index (κ3) is 6.17. The largest absolute Gasteiger partial charge is 0.309 e. The van der Waals surface area contributed by atoms with Crippen LogP contribution in [0.3, 0.4) is 0 Å². The molecule has 3 heterocycles. The molecule has 15 aromatic carbocycles. The van der Waals surface area contributed by atoms with Gasteiger partial charge < -0.3 is 14.7 Å². The Kier molecular flexibility index (Phi) is 10.1. The molecule has 0 saturated heterocycles. The third-order valence-corrected chi connectivity index (χ3v) is 27.2. The van der Waals surface area contributed by atoms with Crippen LogP contribution in [0.25, 0.3) is 66.8 Å². The third-order valence-electron chi connectivity index (χ3n) is 24.5. The normalized spacial score (nSPS) is 15.7. The van der Waals surface area contributed by atoms with Gasteiger partial charge in [0.2, 0.25) is 0 Å². The summed E-state index contributed by atoms with van der Waals surface area (Å²) in [4.78, 5) is 8.13. The van der Waals surface area contributed by atoms with Crippen molar-refractivity contribution in [3.05, 3.63) is 393 Å². The van der Waals surface area contributed by atoms with Crippen molar-refractivity contribution in [2.24, 2.45) is 0 Å². The lowest BCUT2D eigenvalue weighted by Crippen LogP contribution is -2.46. The minimum Gasteiger partial charge on any atom is -0.309 e. The second-order valence-corrected chi connectivity index (χ2v) is 31.2. The van der Waals surface area contributed by atoms with Crippen LogP contribution in [0.1, 0.15) is 83.5 Å². The first kappa shape index (κ1) is 54.2. The van der Waals surface area contributed by atoms with Crippen molar-refractivity contribution >= 4 is 75.0 Å². The molecule has 0 bridgehead atoms. The van der Waals surface area contributed by atoms with Gasteiger partial charge in [-0.2, -0.15) is 0 Å². The van der Waals surface area contributed by atoms with Crippen LogP contribution in [-0.2, 0) is 16.2 Å². The molecule has 0 fully saturated rings. The average molecular weight is 1290 g/mol. The fraction of sp³-hybridized carbons (Fsp3) is 0.0625. The molecule has 9 aliphatic rings. The molecule has 3 nitrogen and oxygen atoms in total. The summed E-state index contributed by atoms with van der Waals surface area (Å²) in [7, 11) is -1.20. The van der Waals surface area contributed by atoms with E-state index in [4.69, 9.17) is 0 Å².